The van der Waals surface area contributed by atoms with E-state index < -0.39 is 11.9 Å². The highest BCUT2D eigenvalue weighted by molar-refractivity contribution is 5.42. The molecule has 6 heteroatoms. The van der Waals surface area contributed by atoms with Gasteiger partial charge in [0.2, 0.25) is 0 Å². The van der Waals surface area contributed by atoms with Crippen molar-refractivity contribution >= 4 is 5.69 Å². The minimum atomic E-state index is -4.37. The summed E-state index contributed by atoms with van der Waals surface area (Å²) in [6.45, 7) is 1.91. The molecule has 0 spiro atoms. The van der Waals surface area contributed by atoms with Crippen molar-refractivity contribution in [2.24, 2.45) is 0 Å². The molecule has 1 aliphatic heterocycles. The van der Waals surface area contributed by atoms with Gasteiger partial charge in [0.15, 0.2) is 0 Å². The monoisotopic (exact) mass is 245 g/mol. The summed E-state index contributed by atoms with van der Waals surface area (Å²) < 4.78 is 36.9. The van der Waals surface area contributed by atoms with Crippen LogP contribution in [0.25, 0.3) is 0 Å². The molecule has 0 saturated carbocycles. The zero-order valence-electron chi connectivity index (χ0n) is 9.46. The van der Waals surface area contributed by atoms with E-state index >= 15 is 0 Å². The lowest BCUT2D eigenvalue weighted by Gasteiger charge is -2.14. The van der Waals surface area contributed by atoms with E-state index in [1.165, 1.54) is 12.3 Å². The van der Waals surface area contributed by atoms with Crippen LogP contribution in [0.1, 0.15) is 12.1 Å². The van der Waals surface area contributed by atoms with Gasteiger partial charge in [-0.15, -0.1) is 0 Å². The molecule has 17 heavy (non-hydrogen) atoms. The maximum Gasteiger partial charge on any atom is 0.433 e. The van der Waals surface area contributed by atoms with E-state index in [0.29, 0.717) is 11.7 Å². The van der Waals surface area contributed by atoms with Crippen molar-refractivity contribution in [1.29, 1.82) is 0 Å². The van der Waals surface area contributed by atoms with Crippen LogP contribution in [0.3, 0.4) is 0 Å². The van der Waals surface area contributed by atoms with Crippen molar-refractivity contribution in [2.75, 3.05) is 25.5 Å². The van der Waals surface area contributed by atoms with Crippen LogP contribution in [0.2, 0.25) is 0 Å². The predicted octanol–water partition coefficient (Wildman–Crippen LogP) is 2.22. The molecule has 0 bridgehead atoms. The van der Waals surface area contributed by atoms with Crippen LogP contribution in [0.5, 0.6) is 0 Å². The Hall–Kier alpha value is -1.30. The number of nitrogens with one attached hydrogen (secondary N) is 1. The molecule has 3 nitrogen and oxygen atoms in total. The van der Waals surface area contributed by atoms with Crippen LogP contribution < -0.4 is 5.32 Å². The lowest BCUT2D eigenvalue weighted by Crippen LogP contribution is -2.23. The number of nitrogens with zero attached hydrogens (tertiary/aromatic N) is 2. The summed E-state index contributed by atoms with van der Waals surface area (Å²) >= 11 is 0. The third-order valence-electron chi connectivity index (χ3n) is 2.82. The smallest absolute Gasteiger partial charge is 0.380 e. The van der Waals surface area contributed by atoms with Gasteiger partial charge >= 0.3 is 6.18 Å². The van der Waals surface area contributed by atoms with Crippen LogP contribution in [0.15, 0.2) is 18.3 Å². The largest absolute Gasteiger partial charge is 0.433 e. The molecule has 1 N–H and O–H groups in total. The number of pyridine rings is 1. The summed E-state index contributed by atoms with van der Waals surface area (Å²) in [5.74, 6) is 0. The first-order valence-electron chi connectivity index (χ1n) is 5.43. The van der Waals surface area contributed by atoms with Crippen LogP contribution in [0.4, 0.5) is 18.9 Å². The summed E-state index contributed by atoms with van der Waals surface area (Å²) in [4.78, 5) is 5.59. The van der Waals surface area contributed by atoms with Gasteiger partial charge in [-0.1, -0.05) is 0 Å². The average Bonchev–Trinajstić information content (AvgIpc) is 2.63. The fourth-order valence-electron chi connectivity index (χ4n) is 1.94. The van der Waals surface area contributed by atoms with Gasteiger partial charge in [-0.25, -0.2) is 4.98 Å². The molecule has 0 amide bonds. The molecule has 94 valence electrons. The van der Waals surface area contributed by atoms with Gasteiger partial charge in [0.25, 0.3) is 0 Å². The Bertz CT molecular complexity index is 375. The molecule has 1 aliphatic rings. The van der Waals surface area contributed by atoms with Crippen molar-refractivity contribution in [3.63, 3.8) is 0 Å². The summed E-state index contributed by atoms with van der Waals surface area (Å²) in [7, 11) is 2.02. The molecule has 0 radical (unpaired) electrons. The fraction of sp³-hybridized carbons (Fsp3) is 0.545. The Morgan fingerprint density at radius 1 is 1.41 bits per heavy atom. The van der Waals surface area contributed by atoms with Crippen molar-refractivity contribution < 1.29 is 13.2 Å². The molecule has 0 aliphatic carbocycles. The number of aromatic nitrogens is 1. The second kappa shape index (κ2) is 4.52. The third-order valence-corrected chi connectivity index (χ3v) is 2.82. The van der Waals surface area contributed by atoms with E-state index in [1.807, 2.05) is 7.05 Å². The highest BCUT2D eigenvalue weighted by Gasteiger charge is 2.32. The number of rotatable bonds is 2. The zero-order valence-corrected chi connectivity index (χ0v) is 9.46. The first kappa shape index (κ1) is 12.2. The molecule has 1 atom stereocenters. The molecule has 1 unspecified atom stereocenters. The van der Waals surface area contributed by atoms with E-state index in [9.17, 15) is 13.2 Å². The molecule has 0 aromatic carbocycles. The molecular weight excluding hydrogens is 231 g/mol. The Labute approximate surface area is 97.6 Å². The van der Waals surface area contributed by atoms with Crippen molar-refractivity contribution in [3.8, 4) is 0 Å². The quantitative estimate of drug-likeness (QED) is 0.866. The van der Waals surface area contributed by atoms with E-state index in [0.717, 1.165) is 25.6 Å². The van der Waals surface area contributed by atoms with Crippen LogP contribution in [-0.2, 0) is 6.18 Å². The maximum atomic E-state index is 12.3. The van der Waals surface area contributed by atoms with Gasteiger partial charge in [0, 0.05) is 12.6 Å². The fourth-order valence-corrected chi connectivity index (χ4v) is 1.94. The molecule has 1 aromatic rings. The summed E-state index contributed by atoms with van der Waals surface area (Å²) in [5.41, 5.74) is -0.218. The van der Waals surface area contributed by atoms with E-state index in [4.69, 9.17) is 0 Å². The Morgan fingerprint density at radius 2 is 2.18 bits per heavy atom. The highest BCUT2D eigenvalue weighted by atomic mass is 19.4. The van der Waals surface area contributed by atoms with E-state index in [-0.39, 0.29) is 0 Å². The lowest BCUT2D eigenvalue weighted by atomic mass is 10.2. The Kier molecular flexibility index (Phi) is 3.24. The summed E-state index contributed by atoms with van der Waals surface area (Å²) in [5, 5.41) is 3.18. The SMILES string of the molecule is CN1CCC(Nc2ccc(C(F)(F)F)nc2)C1. The first-order valence-corrected chi connectivity index (χ1v) is 5.43. The first-order chi connectivity index (χ1) is 7.95. The topological polar surface area (TPSA) is 28.2 Å². The number of likely N-dealkylation sites (tertiary alicyclic amines) is 1. The predicted molar refractivity (Wildman–Crippen MR) is 58.8 cm³/mol. The second-order valence-electron chi connectivity index (χ2n) is 4.32. The minimum absolute atomic E-state index is 0.290. The standard InChI is InChI=1S/C11H14F3N3/c1-17-5-4-9(7-17)16-8-2-3-10(15-6-8)11(12,13)14/h2-3,6,9,16H,4-5,7H2,1H3. The highest BCUT2D eigenvalue weighted by Crippen LogP contribution is 2.28. The van der Waals surface area contributed by atoms with Crippen molar-refractivity contribution in [1.82, 2.24) is 9.88 Å². The maximum absolute atomic E-state index is 12.3. The second-order valence-corrected chi connectivity index (χ2v) is 4.32. The normalized spacial score (nSPS) is 21.8. The molecule has 1 fully saturated rings. The van der Waals surface area contributed by atoms with Crippen molar-refractivity contribution in [3.05, 3.63) is 24.0 Å². The molecule has 1 aromatic heterocycles. The third kappa shape index (κ3) is 3.09. The summed E-state index contributed by atoms with van der Waals surface area (Å²) in [6, 6.07) is 2.72. The number of halogens is 3. The Morgan fingerprint density at radius 3 is 2.65 bits per heavy atom. The minimum Gasteiger partial charge on any atom is -0.380 e. The van der Waals surface area contributed by atoms with Gasteiger partial charge in [0.1, 0.15) is 5.69 Å². The van der Waals surface area contributed by atoms with Gasteiger partial charge < -0.3 is 10.2 Å². The molecule has 2 heterocycles. The molecule has 1 saturated heterocycles. The zero-order chi connectivity index (χ0) is 12.5. The average molecular weight is 245 g/mol. The van der Waals surface area contributed by atoms with E-state index in [1.54, 1.807) is 0 Å². The number of hydrogen-bond donors (Lipinski definition) is 1. The van der Waals surface area contributed by atoms with Crippen LogP contribution >= 0.6 is 0 Å². The lowest BCUT2D eigenvalue weighted by molar-refractivity contribution is -0.141. The van der Waals surface area contributed by atoms with Gasteiger partial charge in [-0.05, 0) is 32.1 Å². The molecule has 2 rings (SSSR count). The van der Waals surface area contributed by atoms with Gasteiger partial charge in [-0.2, -0.15) is 13.2 Å². The van der Waals surface area contributed by atoms with Gasteiger partial charge in [-0.3, -0.25) is 0 Å². The van der Waals surface area contributed by atoms with Crippen LogP contribution in [-0.4, -0.2) is 36.1 Å². The van der Waals surface area contributed by atoms with Gasteiger partial charge in [0.05, 0.1) is 11.9 Å². The number of anilines is 1. The molecular formula is C11H14F3N3. The summed E-state index contributed by atoms with van der Waals surface area (Å²) in [6.07, 6.45) is -2.13. The number of likely N-dealkylation sites (N-methyl/N-ethyl adjacent to an activating group) is 1. The van der Waals surface area contributed by atoms with Crippen molar-refractivity contribution in [2.45, 2.75) is 18.6 Å². The Balaban J connectivity index is 1.99. The number of hydrogen-bond acceptors (Lipinski definition) is 3. The number of alkyl halides is 3. The van der Waals surface area contributed by atoms with Crippen LogP contribution in [0, 0.1) is 0 Å². The van der Waals surface area contributed by atoms with E-state index in [2.05, 4.69) is 15.2 Å².